The molecule has 2 aromatic heterocycles. The highest BCUT2D eigenvalue weighted by molar-refractivity contribution is 5.98. The van der Waals surface area contributed by atoms with Gasteiger partial charge in [0.05, 0.1) is 17.6 Å². The quantitative estimate of drug-likeness (QED) is 0.436. The maximum absolute atomic E-state index is 14.1. The van der Waals surface area contributed by atoms with Gasteiger partial charge >= 0.3 is 5.97 Å². The number of pyridine rings is 1. The van der Waals surface area contributed by atoms with Crippen LogP contribution in [0.3, 0.4) is 0 Å². The van der Waals surface area contributed by atoms with Gasteiger partial charge in [0, 0.05) is 18.9 Å². The number of halogens is 2. The van der Waals surface area contributed by atoms with Crippen molar-refractivity contribution in [2.75, 3.05) is 6.61 Å². The van der Waals surface area contributed by atoms with E-state index >= 15 is 0 Å². The SMILES string of the molecule is CCOC(=O)Cn1c(CCc2cccc(F)c2F)c(C(C)=O)c(=O)c2cn(C)nc21. The summed E-state index contributed by atoms with van der Waals surface area (Å²) in [5.41, 5.74) is -0.0662. The highest BCUT2D eigenvalue weighted by atomic mass is 19.2. The molecule has 3 aromatic rings. The minimum absolute atomic E-state index is 0.0183. The molecule has 0 aliphatic rings. The molecule has 0 radical (unpaired) electrons. The predicted octanol–water partition coefficient (Wildman–Crippen LogP) is 2.56. The lowest BCUT2D eigenvalue weighted by atomic mass is 10.00. The summed E-state index contributed by atoms with van der Waals surface area (Å²) in [6.07, 6.45) is 1.52. The lowest BCUT2D eigenvalue weighted by Gasteiger charge is -2.17. The zero-order chi connectivity index (χ0) is 22.0. The number of fused-ring (bicyclic) bond motifs is 1. The van der Waals surface area contributed by atoms with E-state index in [9.17, 15) is 23.2 Å². The second-order valence-corrected chi connectivity index (χ2v) is 6.85. The Kier molecular flexibility index (Phi) is 6.09. The third kappa shape index (κ3) is 4.00. The molecule has 0 spiro atoms. The summed E-state index contributed by atoms with van der Waals surface area (Å²) >= 11 is 0. The number of ether oxygens (including phenoxy) is 1. The van der Waals surface area contributed by atoms with Gasteiger partial charge in [0.15, 0.2) is 23.1 Å². The fourth-order valence-electron chi connectivity index (χ4n) is 3.49. The van der Waals surface area contributed by atoms with Crippen LogP contribution in [-0.2, 0) is 36.0 Å². The van der Waals surface area contributed by atoms with E-state index < -0.39 is 28.8 Å². The number of rotatable bonds is 7. The van der Waals surface area contributed by atoms with Crippen molar-refractivity contribution in [1.82, 2.24) is 14.3 Å². The molecule has 0 bridgehead atoms. The van der Waals surface area contributed by atoms with Crippen molar-refractivity contribution in [3.05, 3.63) is 63.1 Å². The molecule has 30 heavy (non-hydrogen) atoms. The third-order valence-corrected chi connectivity index (χ3v) is 4.76. The monoisotopic (exact) mass is 417 g/mol. The number of ketones is 1. The second-order valence-electron chi connectivity index (χ2n) is 6.85. The average molecular weight is 417 g/mol. The van der Waals surface area contributed by atoms with Crippen LogP contribution in [0.15, 0.2) is 29.2 Å². The molecule has 0 amide bonds. The third-order valence-electron chi connectivity index (χ3n) is 4.76. The molecular formula is C21H21F2N3O4. The smallest absolute Gasteiger partial charge is 0.326 e. The van der Waals surface area contributed by atoms with Crippen LogP contribution in [0.25, 0.3) is 11.0 Å². The van der Waals surface area contributed by atoms with Crippen molar-refractivity contribution in [2.45, 2.75) is 33.2 Å². The Labute approximate surface area is 170 Å². The number of hydrogen-bond donors (Lipinski definition) is 0. The van der Waals surface area contributed by atoms with Crippen molar-refractivity contribution in [2.24, 2.45) is 7.05 Å². The summed E-state index contributed by atoms with van der Waals surface area (Å²) in [6.45, 7) is 2.80. The number of hydrogen-bond acceptors (Lipinski definition) is 5. The maximum atomic E-state index is 14.1. The van der Waals surface area contributed by atoms with Crippen molar-refractivity contribution < 1.29 is 23.1 Å². The number of carbonyl (C=O) groups excluding carboxylic acids is 2. The van der Waals surface area contributed by atoms with E-state index in [4.69, 9.17) is 4.74 Å². The molecule has 2 heterocycles. The lowest BCUT2D eigenvalue weighted by molar-refractivity contribution is -0.143. The van der Waals surface area contributed by atoms with Gasteiger partial charge in [-0.15, -0.1) is 0 Å². The van der Waals surface area contributed by atoms with E-state index in [2.05, 4.69) is 5.10 Å². The Morgan fingerprint density at radius 2 is 1.93 bits per heavy atom. The fraction of sp³-hybridized carbons (Fsp3) is 0.333. The number of esters is 1. The van der Waals surface area contributed by atoms with E-state index in [1.807, 2.05) is 0 Å². The number of Topliss-reactive ketones (excluding diaryl/α,β-unsaturated/α-hetero) is 1. The maximum Gasteiger partial charge on any atom is 0.326 e. The molecule has 3 rings (SSSR count). The van der Waals surface area contributed by atoms with Crippen LogP contribution in [0.1, 0.15) is 35.5 Å². The summed E-state index contributed by atoms with van der Waals surface area (Å²) in [7, 11) is 1.61. The molecule has 0 aliphatic carbocycles. The average Bonchev–Trinajstić information content (AvgIpc) is 3.07. The first-order valence-corrected chi connectivity index (χ1v) is 9.43. The van der Waals surface area contributed by atoms with Gasteiger partial charge in [0.1, 0.15) is 6.54 Å². The first kappa shape index (κ1) is 21.4. The van der Waals surface area contributed by atoms with Crippen molar-refractivity contribution in [1.29, 1.82) is 0 Å². The molecule has 1 aromatic carbocycles. The molecule has 7 nitrogen and oxygen atoms in total. The summed E-state index contributed by atoms with van der Waals surface area (Å²) < 4.78 is 35.6. The van der Waals surface area contributed by atoms with Crippen LogP contribution >= 0.6 is 0 Å². The molecule has 158 valence electrons. The summed E-state index contributed by atoms with van der Waals surface area (Å²) in [5, 5.41) is 4.45. The Hall–Kier alpha value is -3.36. The number of aromatic nitrogens is 3. The zero-order valence-electron chi connectivity index (χ0n) is 16.9. The van der Waals surface area contributed by atoms with Gasteiger partial charge < -0.3 is 9.30 Å². The highest BCUT2D eigenvalue weighted by Crippen LogP contribution is 2.20. The summed E-state index contributed by atoms with van der Waals surface area (Å²) in [4.78, 5) is 37.5. The fourth-order valence-corrected chi connectivity index (χ4v) is 3.49. The van der Waals surface area contributed by atoms with E-state index in [-0.39, 0.29) is 53.8 Å². The van der Waals surface area contributed by atoms with Gasteiger partial charge in [-0.2, -0.15) is 5.10 Å². The molecule has 0 fully saturated rings. The Morgan fingerprint density at radius 3 is 2.60 bits per heavy atom. The zero-order valence-corrected chi connectivity index (χ0v) is 16.9. The highest BCUT2D eigenvalue weighted by Gasteiger charge is 2.24. The van der Waals surface area contributed by atoms with E-state index in [0.717, 1.165) is 6.07 Å². The number of benzene rings is 1. The van der Waals surface area contributed by atoms with Gasteiger partial charge in [-0.05, 0) is 38.3 Å². The van der Waals surface area contributed by atoms with Gasteiger partial charge in [0.25, 0.3) is 0 Å². The predicted molar refractivity (Wildman–Crippen MR) is 105 cm³/mol. The molecule has 0 N–H and O–H groups in total. The van der Waals surface area contributed by atoms with Crippen molar-refractivity contribution in [3.8, 4) is 0 Å². The van der Waals surface area contributed by atoms with Gasteiger partial charge in [-0.3, -0.25) is 19.1 Å². The van der Waals surface area contributed by atoms with Gasteiger partial charge in [-0.25, -0.2) is 8.78 Å². The number of carbonyl (C=O) groups is 2. The second kappa shape index (κ2) is 8.56. The van der Waals surface area contributed by atoms with E-state index in [0.29, 0.717) is 0 Å². The molecule has 0 saturated carbocycles. The lowest BCUT2D eigenvalue weighted by Crippen LogP contribution is -2.26. The van der Waals surface area contributed by atoms with Crippen molar-refractivity contribution in [3.63, 3.8) is 0 Å². The van der Waals surface area contributed by atoms with Crippen LogP contribution in [0.5, 0.6) is 0 Å². The summed E-state index contributed by atoms with van der Waals surface area (Å²) in [5.74, 6) is -3.03. The number of aryl methyl sites for hydroxylation is 2. The van der Waals surface area contributed by atoms with E-state index in [1.165, 1.54) is 34.5 Å². The topological polar surface area (TPSA) is 83.2 Å². The normalized spacial score (nSPS) is 11.1. The van der Waals surface area contributed by atoms with E-state index in [1.54, 1.807) is 14.0 Å². The molecule has 9 heteroatoms. The molecule has 0 aliphatic heterocycles. The van der Waals surface area contributed by atoms with Gasteiger partial charge in [0.2, 0.25) is 5.43 Å². The van der Waals surface area contributed by atoms with Crippen LogP contribution < -0.4 is 5.43 Å². The Morgan fingerprint density at radius 1 is 1.20 bits per heavy atom. The molecule has 0 saturated heterocycles. The van der Waals surface area contributed by atoms with Crippen LogP contribution in [0.2, 0.25) is 0 Å². The minimum Gasteiger partial charge on any atom is -0.465 e. The molecular weight excluding hydrogens is 396 g/mol. The Bertz CT molecular complexity index is 1200. The van der Waals surface area contributed by atoms with Crippen LogP contribution in [0.4, 0.5) is 8.78 Å². The Balaban J connectivity index is 2.19. The van der Waals surface area contributed by atoms with Crippen LogP contribution in [0, 0.1) is 11.6 Å². The number of nitrogens with zero attached hydrogens (tertiary/aromatic N) is 3. The first-order chi connectivity index (χ1) is 14.2. The minimum atomic E-state index is -0.986. The first-order valence-electron chi connectivity index (χ1n) is 9.43. The molecule has 0 atom stereocenters. The van der Waals surface area contributed by atoms with Crippen molar-refractivity contribution >= 4 is 22.8 Å². The van der Waals surface area contributed by atoms with Crippen LogP contribution in [-0.4, -0.2) is 32.7 Å². The standard InChI is InChI=1S/C21H21F2N3O4/c1-4-30-17(28)11-26-16(9-8-13-6-5-7-15(22)19(13)23)18(12(2)27)20(29)14-10-25(3)24-21(14)26/h5-7,10H,4,8-9,11H2,1-3H3. The largest absolute Gasteiger partial charge is 0.465 e. The summed E-state index contributed by atoms with van der Waals surface area (Å²) in [6, 6.07) is 3.82. The molecule has 0 unspecified atom stereocenters. The van der Waals surface area contributed by atoms with Gasteiger partial charge in [-0.1, -0.05) is 12.1 Å².